The van der Waals surface area contributed by atoms with Crippen LogP contribution in [0, 0.1) is 23.7 Å². The summed E-state index contributed by atoms with van der Waals surface area (Å²) in [6.07, 6.45) is 6.10. The van der Waals surface area contributed by atoms with Gasteiger partial charge in [-0.05, 0) is 44.2 Å². The van der Waals surface area contributed by atoms with Crippen LogP contribution in [0.3, 0.4) is 0 Å². The van der Waals surface area contributed by atoms with E-state index in [1.54, 1.807) is 26.0 Å². The molecule has 4 rings (SSSR count). The van der Waals surface area contributed by atoms with E-state index in [-0.39, 0.29) is 53.9 Å². The van der Waals surface area contributed by atoms with Crippen molar-refractivity contribution in [2.75, 3.05) is 20.8 Å². The Morgan fingerprint density at radius 2 is 1.66 bits per heavy atom. The maximum absolute atomic E-state index is 12.8. The summed E-state index contributed by atoms with van der Waals surface area (Å²) in [6, 6.07) is 3.23. The Balaban J connectivity index is 1.52. The van der Waals surface area contributed by atoms with Gasteiger partial charge in [-0.1, -0.05) is 12.2 Å². The molecule has 170 valence electrons. The summed E-state index contributed by atoms with van der Waals surface area (Å²) >= 11 is 0. The maximum Gasteiger partial charge on any atom is 0.344 e. The average Bonchev–Trinajstić information content (AvgIpc) is 3.44. The van der Waals surface area contributed by atoms with Gasteiger partial charge in [0.1, 0.15) is 0 Å². The summed E-state index contributed by atoms with van der Waals surface area (Å²) in [5, 5.41) is 5.16. The number of allylic oxidation sites excluding steroid dienone is 2. The second kappa shape index (κ2) is 8.64. The van der Waals surface area contributed by atoms with Gasteiger partial charge in [0.2, 0.25) is 5.75 Å². The third-order valence-electron chi connectivity index (χ3n) is 5.95. The molecule has 0 aromatic heterocycles. The van der Waals surface area contributed by atoms with Crippen LogP contribution in [-0.4, -0.2) is 55.9 Å². The van der Waals surface area contributed by atoms with Crippen LogP contribution >= 0.6 is 0 Å². The predicted octanol–water partition coefficient (Wildman–Crippen LogP) is 2.18. The molecule has 1 aromatic carbocycles. The van der Waals surface area contributed by atoms with Crippen molar-refractivity contribution in [3.63, 3.8) is 0 Å². The number of hydrogen-bond donors (Lipinski definition) is 0. The Labute approximate surface area is 185 Å². The van der Waals surface area contributed by atoms with Crippen LogP contribution < -0.4 is 14.2 Å². The molecule has 4 atom stereocenters. The van der Waals surface area contributed by atoms with Gasteiger partial charge < -0.3 is 18.9 Å². The van der Waals surface area contributed by atoms with Gasteiger partial charge >= 0.3 is 5.97 Å². The lowest BCUT2D eigenvalue weighted by molar-refractivity contribution is -0.149. The highest BCUT2D eigenvalue weighted by Crippen LogP contribution is 2.52. The number of carbonyl (C=O) groups is 3. The van der Waals surface area contributed by atoms with Crippen LogP contribution in [0.25, 0.3) is 0 Å². The summed E-state index contributed by atoms with van der Waals surface area (Å²) < 4.78 is 21.4. The van der Waals surface area contributed by atoms with Gasteiger partial charge in [0, 0.05) is 5.56 Å². The molecular weight excluding hydrogens is 416 g/mol. The van der Waals surface area contributed by atoms with E-state index in [1.165, 1.54) is 20.4 Å². The van der Waals surface area contributed by atoms with Crippen molar-refractivity contribution < 1.29 is 33.3 Å². The number of benzene rings is 1. The van der Waals surface area contributed by atoms with Crippen LogP contribution in [0.1, 0.15) is 25.8 Å². The minimum absolute atomic E-state index is 0.126. The topological polar surface area (TPSA) is 104 Å². The van der Waals surface area contributed by atoms with Gasteiger partial charge in [-0.2, -0.15) is 10.1 Å². The number of hydrogen-bond acceptors (Lipinski definition) is 8. The Hall–Kier alpha value is -3.36. The minimum Gasteiger partial charge on any atom is -0.493 e. The number of rotatable bonds is 8. The van der Waals surface area contributed by atoms with Crippen molar-refractivity contribution in [2.24, 2.45) is 28.8 Å². The van der Waals surface area contributed by atoms with E-state index in [2.05, 4.69) is 5.10 Å². The second-order valence-corrected chi connectivity index (χ2v) is 8.31. The van der Waals surface area contributed by atoms with Crippen molar-refractivity contribution in [1.29, 1.82) is 0 Å². The van der Waals surface area contributed by atoms with Crippen molar-refractivity contribution in [2.45, 2.75) is 26.4 Å². The fraction of sp³-hybridized carbons (Fsp3) is 0.478. The van der Waals surface area contributed by atoms with E-state index in [0.717, 1.165) is 11.4 Å². The smallest absolute Gasteiger partial charge is 0.344 e. The molecular formula is C23H26N2O7. The van der Waals surface area contributed by atoms with Gasteiger partial charge in [-0.15, -0.1) is 0 Å². The predicted molar refractivity (Wildman–Crippen MR) is 113 cm³/mol. The van der Waals surface area contributed by atoms with Crippen molar-refractivity contribution in [3.05, 3.63) is 29.8 Å². The molecule has 9 heteroatoms. The summed E-state index contributed by atoms with van der Waals surface area (Å²) in [5.41, 5.74) is 0.537. The molecule has 1 aliphatic heterocycles. The van der Waals surface area contributed by atoms with Gasteiger partial charge in [0.25, 0.3) is 11.8 Å². The quantitative estimate of drug-likeness (QED) is 0.263. The van der Waals surface area contributed by atoms with E-state index < -0.39 is 5.97 Å². The molecule has 3 aliphatic rings. The van der Waals surface area contributed by atoms with Crippen LogP contribution in [0.5, 0.6) is 17.2 Å². The van der Waals surface area contributed by atoms with Crippen LogP contribution in [-0.2, 0) is 19.1 Å². The van der Waals surface area contributed by atoms with E-state index in [4.69, 9.17) is 18.9 Å². The van der Waals surface area contributed by atoms with Gasteiger partial charge in [0.15, 0.2) is 18.1 Å². The zero-order valence-electron chi connectivity index (χ0n) is 18.4. The normalized spacial score (nSPS) is 25.7. The zero-order valence-corrected chi connectivity index (χ0v) is 18.4. The highest BCUT2D eigenvalue weighted by atomic mass is 16.6. The number of amides is 2. The lowest BCUT2D eigenvalue weighted by atomic mass is 9.85. The molecule has 4 unspecified atom stereocenters. The number of esters is 1. The van der Waals surface area contributed by atoms with E-state index in [9.17, 15) is 14.4 Å². The fourth-order valence-corrected chi connectivity index (χ4v) is 4.67. The standard InChI is InChI=1S/C23H26N2O7/c1-12(2)32-18(26)11-31-21-16(29-3)7-13(8-17(21)30-4)10-24-25-22(27)19-14-5-6-15(9-14)20(19)23(25)28/h5-8,10,12,14-15,19-20H,9,11H2,1-4H3. The summed E-state index contributed by atoms with van der Waals surface area (Å²) in [5.74, 6) is -0.538. The van der Waals surface area contributed by atoms with Crippen LogP contribution in [0.4, 0.5) is 0 Å². The first-order valence-corrected chi connectivity index (χ1v) is 10.5. The molecule has 1 saturated heterocycles. The molecule has 0 spiro atoms. The monoisotopic (exact) mass is 442 g/mol. The molecule has 32 heavy (non-hydrogen) atoms. The average molecular weight is 442 g/mol. The molecule has 0 N–H and O–H groups in total. The Kier molecular flexibility index (Phi) is 5.90. The molecule has 9 nitrogen and oxygen atoms in total. The number of fused-ring (bicyclic) bond motifs is 5. The second-order valence-electron chi connectivity index (χ2n) is 8.31. The third-order valence-corrected chi connectivity index (χ3v) is 5.95. The number of methoxy groups -OCH3 is 2. The first-order chi connectivity index (χ1) is 15.3. The highest BCUT2D eigenvalue weighted by Gasteiger charge is 2.59. The molecule has 1 saturated carbocycles. The fourth-order valence-electron chi connectivity index (χ4n) is 4.67. The molecule has 2 bridgehead atoms. The molecule has 1 aromatic rings. The minimum atomic E-state index is -0.519. The van der Waals surface area contributed by atoms with E-state index >= 15 is 0 Å². The summed E-state index contributed by atoms with van der Waals surface area (Å²) in [4.78, 5) is 37.4. The lowest BCUT2D eigenvalue weighted by Crippen LogP contribution is -2.28. The summed E-state index contributed by atoms with van der Waals surface area (Å²) in [6.45, 7) is 3.18. The number of ether oxygens (including phenoxy) is 4. The Bertz CT molecular complexity index is 945. The van der Waals surface area contributed by atoms with E-state index in [1.807, 2.05) is 12.2 Å². The number of carbonyl (C=O) groups excluding carboxylic acids is 3. The number of imide groups is 1. The number of nitrogens with zero attached hydrogens (tertiary/aromatic N) is 2. The molecule has 1 heterocycles. The maximum atomic E-state index is 12.8. The van der Waals surface area contributed by atoms with Gasteiger partial charge in [0.05, 0.1) is 38.4 Å². The van der Waals surface area contributed by atoms with E-state index in [0.29, 0.717) is 17.1 Å². The number of hydrazone groups is 1. The Morgan fingerprint density at radius 3 is 2.16 bits per heavy atom. The van der Waals surface area contributed by atoms with Crippen molar-refractivity contribution >= 4 is 24.0 Å². The first-order valence-electron chi connectivity index (χ1n) is 10.5. The SMILES string of the molecule is COc1cc(C=NN2C(=O)C3C4C=CC(C4)C3C2=O)cc(OC)c1OCC(=O)OC(C)C. The third kappa shape index (κ3) is 3.83. The van der Waals surface area contributed by atoms with Gasteiger partial charge in [-0.25, -0.2) is 4.79 Å². The summed E-state index contributed by atoms with van der Waals surface area (Å²) in [7, 11) is 2.90. The molecule has 2 fully saturated rings. The Morgan fingerprint density at radius 1 is 1.09 bits per heavy atom. The lowest BCUT2D eigenvalue weighted by Gasteiger charge is -2.16. The zero-order chi connectivity index (χ0) is 23.0. The van der Waals surface area contributed by atoms with Crippen molar-refractivity contribution in [3.8, 4) is 17.2 Å². The highest BCUT2D eigenvalue weighted by molar-refractivity contribution is 6.06. The first kappa shape index (κ1) is 21.9. The largest absolute Gasteiger partial charge is 0.493 e. The molecule has 2 amide bonds. The molecule has 2 aliphatic carbocycles. The van der Waals surface area contributed by atoms with Crippen molar-refractivity contribution in [1.82, 2.24) is 5.01 Å². The van der Waals surface area contributed by atoms with Crippen LogP contribution in [0.15, 0.2) is 29.4 Å². The van der Waals surface area contributed by atoms with Crippen LogP contribution in [0.2, 0.25) is 0 Å². The van der Waals surface area contributed by atoms with Gasteiger partial charge in [-0.3, -0.25) is 9.59 Å². The molecule has 0 radical (unpaired) electrons.